The highest BCUT2D eigenvalue weighted by molar-refractivity contribution is 5.73. The van der Waals surface area contributed by atoms with E-state index in [-0.39, 0.29) is 23.6 Å². The van der Waals surface area contributed by atoms with Crippen LogP contribution in [0, 0.1) is 11.7 Å². The summed E-state index contributed by atoms with van der Waals surface area (Å²) in [5.74, 6) is -0.503. The molecule has 2 atom stereocenters. The number of rotatable bonds is 2. The maximum atomic E-state index is 12.9. The first kappa shape index (κ1) is 12.0. The van der Waals surface area contributed by atoms with Crippen molar-refractivity contribution in [3.05, 3.63) is 35.6 Å². The number of nitrogens with one attached hydrogen (secondary N) is 1. The second kappa shape index (κ2) is 5.27. The Morgan fingerprint density at radius 2 is 2.12 bits per heavy atom. The predicted molar refractivity (Wildman–Crippen MR) is 62.1 cm³/mol. The van der Waals surface area contributed by atoms with E-state index in [0.717, 1.165) is 25.1 Å². The van der Waals surface area contributed by atoms with Crippen LogP contribution in [-0.2, 0) is 9.53 Å². The molecule has 0 unspecified atom stereocenters. The third-order valence-electron chi connectivity index (χ3n) is 3.28. The lowest BCUT2D eigenvalue weighted by Gasteiger charge is -2.30. The first-order valence-electron chi connectivity index (χ1n) is 5.76. The minimum Gasteiger partial charge on any atom is -0.469 e. The van der Waals surface area contributed by atoms with Gasteiger partial charge in [-0.3, -0.25) is 4.79 Å². The van der Waals surface area contributed by atoms with Crippen LogP contribution >= 0.6 is 0 Å². The summed E-state index contributed by atoms with van der Waals surface area (Å²) >= 11 is 0. The first-order valence-corrected chi connectivity index (χ1v) is 5.76. The normalized spacial score (nSPS) is 24.4. The van der Waals surface area contributed by atoms with Crippen LogP contribution in [0.15, 0.2) is 24.3 Å². The van der Waals surface area contributed by atoms with Crippen LogP contribution in [-0.4, -0.2) is 26.2 Å². The first-order chi connectivity index (χ1) is 8.22. The summed E-state index contributed by atoms with van der Waals surface area (Å²) in [6.45, 7) is 1.54. The zero-order valence-corrected chi connectivity index (χ0v) is 9.78. The van der Waals surface area contributed by atoms with Crippen molar-refractivity contribution in [2.75, 3.05) is 20.2 Å². The Kier molecular flexibility index (Phi) is 3.74. The average molecular weight is 237 g/mol. The van der Waals surface area contributed by atoms with Gasteiger partial charge in [0.15, 0.2) is 0 Å². The fourth-order valence-corrected chi connectivity index (χ4v) is 2.35. The Bertz CT molecular complexity index is 391. The van der Waals surface area contributed by atoms with Gasteiger partial charge < -0.3 is 10.1 Å². The lowest BCUT2D eigenvalue weighted by atomic mass is 9.81. The van der Waals surface area contributed by atoms with Gasteiger partial charge in [-0.15, -0.1) is 0 Å². The quantitative estimate of drug-likeness (QED) is 0.795. The lowest BCUT2D eigenvalue weighted by Crippen LogP contribution is -2.39. The summed E-state index contributed by atoms with van der Waals surface area (Å²) in [4.78, 5) is 11.7. The Labute approximate surface area is 100.0 Å². The summed E-state index contributed by atoms with van der Waals surface area (Å²) in [7, 11) is 1.41. The van der Waals surface area contributed by atoms with E-state index in [1.807, 2.05) is 0 Å². The predicted octanol–water partition coefficient (Wildman–Crippen LogP) is 1.69. The molecule has 0 bridgehead atoms. The van der Waals surface area contributed by atoms with E-state index in [1.54, 1.807) is 12.1 Å². The van der Waals surface area contributed by atoms with Gasteiger partial charge >= 0.3 is 5.97 Å². The molecule has 0 spiro atoms. The number of halogens is 1. The molecule has 17 heavy (non-hydrogen) atoms. The van der Waals surface area contributed by atoms with Crippen LogP contribution in [0.2, 0.25) is 0 Å². The molecule has 1 heterocycles. The molecule has 1 saturated heterocycles. The fourth-order valence-electron chi connectivity index (χ4n) is 2.35. The Morgan fingerprint density at radius 3 is 2.76 bits per heavy atom. The minimum atomic E-state index is -0.257. The minimum absolute atomic E-state index is 0.0665. The zero-order chi connectivity index (χ0) is 12.3. The van der Waals surface area contributed by atoms with Crippen molar-refractivity contribution in [1.29, 1.82) is 0 Å². The topological polar surface area (TPSA) is 38.3 Å². The van der Waals surface area contributed by atoms with E-state index in [9.17, 15) is 9.18 Å². The molecule has 4 heteroatoms. The molecule has 92 valence electrons. The number of carbonyl (C=O) groups excluding carboxylic acids is 1. The highest BCUT2D eigenvalue weighted by atomic mass is 19.1. The van der Waals surface area contributed by atoms with Crippen molar-refractivity contribution < 1.29 is 13.9 Å². The number of hydrogen-bond donors (Lipinski definition) is 1. The molecule has 1 aliphatic heterocycles. The van der Waals surface area contributed by atoms with Crippen LogP contribution in [0.25, 0.3) is 0 Å². The number of methoxy groups -OCH3 is 1. The van der Waals surface area contributed by atoms with Crippen molar-refractivity contribution >= 4 is 5.97 Å². The van der Waals surface area contributed by atoms with Gasteiger partial charge in [-0.1, -0.05) is 12.1 Å². The lowest BCUT2D eigenvalue weighted by molar-refractivity contribution is -0.147. The van der Waals surface area contributed by atoms with Crippen molar-refractivity contribution in [1.82, 2.24) is 5.32 Å². The number of benzene rings is 1. The second-order valence-electron chi connectivity index (χ2n) is 4.28. The van der Waals surface area contributed by atoms with Gasteiger partial charge in [-0.05, 0) is 30.7 Å². The standard InChI is InChI=1S/C13H16FNO2/c1-17-13(16)11-6-7-15-8-12(11)9-2-4-10(14)5-3-9/h2-5,11-12,15H,6-8H2,1H3/t11-,12-/m1/s1. The fraction of sp³-hybridized carbons (Fsp3) is 0.462. The van der Waals surface area contributed by atoms with E-state index in [1.165, 1.54) is 19.2 Å². The second-order valence-corrected chi connectivity index (χ2v) is 4.28. The van der Waals surface area contributed by atoms with E-state index < -0.39 is 0 Å². The van der Waals surface area contributed by atoms with Gasteiger partial charge in [0.25, 0.3) is 0 Å². The summed E-state index contributed by atoms with van der Waals surface area (Å²) in [6, 6.07) is 6.34. The van der Waals surface area contributed by atoms with Crippen molar-refractivity contribution in [3.63, 3.8) is 0 Å². The zero-order valence-electron chi connectivity index (χ0n) is 9.78. The molecule has 1 aromatic rings. The molecule has 1 N–H and O–H groups in total. The SMILES string of the molecule is COC(=O)[C@@H]1CCNC[C@@H]1c1ccc(F)cc1. The van der Waals surface area contributed by atoms with Gasteiger partial charge in [0.1, 0.15) is 5.82 Å². The van der Waals surface area contributed by atoms with Gasteiger partial charge in [0.2, 0.25) is 0 Å². The molecule has 0 radical (unpaired) electrons. The van der Waals surface area contributed by atoms with Crippen LogP contribution in [0.1, 0.15) is 17.9 Å². The Hall–Kier alpha value is -1.42. The molecular weight excluding hydrogens is 221 g/mol. The Morgan fingerprint density at radius 1 is 1.41 bits per heavy atom. The molecule has 0 saturated carbocycles. The summed E-state index contributed by atoms with van der Waals surface area (Å²) in [5, 5.41) is 3.26. The van der Waals surface area contributed by atoms with E-state index in [2.05, 4.69) is 5.32 Å². The molecule has 1 aliphatic rings. The van der Waals surface area contributed by atoms with Gasteiger partial charge in [0.05, 0.1) is 13.0 Å². The highest BCUT2D eigenvalue weighted by Gasteiger charge is 2.32. The summed E-state index contributed by atoms with van der Waals surface area (Å²) in [5.41, 5.74) is 0.981. The average Bonchev–Trinajstić information content (AvgIpc) is 2.39. The number of esters is 1. The number of carbonyl (C=O) groups is 1. The van der Waals surface area contributed by atoms with Crippen LogP contribution in [0.4, 0.5) is 4.39 Å². The van der Waals surface area contributed by atoms with Crippen LogP contribution < -0.4 is 5.32 Å². The largest absolute Gasteiger partial charge is 0.469 e. The van der Waals surface area contributed by atoms with Crippen molar-refractivity contribution in [2.24, 2.45) is 5.92 Å². The van der Waals surface area contributed by atoms with Crippen LogP contribution in [0.3, 0.4) is 0 Å². The van der Waals surface area contributed by atoms with E-state index in [4.69, 9.17) is 4.74 Å². The van der Waals surface area contributed by atoms with E-state index >= 15 is 0 Å². The van der Waals surface area contributed by atoms with Gasteiger partial charge in [-0.2, -0.15) is 0 Å². The van der Waals surface area contributed by atoms with Crippen molar-refractivity contribution in [2.45, 2.75) is 12.3 Å². The number of ether oxygens (including phenoxy) is 1. The summed E-state index contributed by atoms with van der Waals surface area (Å²) < 4.78 is 17.7. The third kappa shape index (κ3) is 2.64. The van der Waals surface area contributed by atoms with Crippen LogP contribution in [0.5, 0.6) is 0 Å². The summed E-state index contributed by atoms with van der Waals surface area (Å²) in [6.07, 6.45) is 0.759. The number of hydrogen-bond acceptors (Lipinski definition) is 3. The van der Waals surface area contributed by atoms with Gasteiger partial charge in [-0.25, -0.2) is 4.39 Å². The molecule has 2 rings (SSSR count). The molecule has 0 aromatic heterocycles. The third-order valence-corrected chi connectivity index (χ3v) is 3.28. The molecule has 0 aliphatic carbocycles. The van der Waals surface area contributed by atoms with E-state index in [0.29, 0.717) is 0 Å². The highest BCUT2D eigenvalue weighted by Crippen LogP contribution is 2.30. The van der Waals surface area contributed by atoms with Gasteiger partial charge in [0, 0.05) is 12.5 Å². The maximum absolute atomic E-state index is 12.9. The Balaban J connectivity index is 2.21. The van der Waals surface area contributed by atoms with Crippen molar-refractivity contribution in [3.8, 4) is 0 Å². The maximum Gasteiger partial charge on any atom is 0.309 e. The molecule has 0 amide bonds. The molecule has 3 nitrogen and oxygen atoms in total. The monoisotopic (exact) mass is 237 g/mol. The smallest absolute Gasteiger partial charge is 0.309 e. The molecule has 1 aromatic carbocycles. The number of piperidine rings is 1. The molecular formula is C13H16FNO2. The molecule has 1 fully saturated rings.